The Morgan fingerprint density at radius 1 is 1.62 bits per heavy atom. The summed E-state index contributed by atoms with van der Waals surface area (Å²) in [6.07, 6.45) is 0. The van der Waals surface area contributed by atoms with E-state index in [2.05, 4.69) is 31.0 Å². The number of sulfonamides is 1. The Hall–Kier alpha value is -0.470. The van der Waals surface area contributed by atoms with Gasteiger partial charge in [0.25, 0.3) is 0 Å². The highest BCUT2D eigenvalue weighted by molar-refractivity contribution is 9.10. The normalized spacial score (nSPS) is 11.9. The highest BCUT2D eigenvalue weighted by Crippen LogP contribution is 2.13. The molecule has 8 heteroatoms. The number of hydrogen-bond acceptors (Lipinski definition) is 4. The fourth-order valence-corrected chi connectivity index (χ4v) is 2.24. The molecule has 0 amide bonds. The standard InChI is InChI=1S/C5H9BrN4O2S/c1-7-13(11,12)3-4-5(6)8-9-10(4)2/h7H,3H2,1-2H3. The van der Waals surface area contributed by atoms with Gasteiger partial charge < -0.3 is 0 Å². The van der Waals surface area contributed by atoms with Crippen LogP contribution in [0.1, 0.15) is 5.69 Å². The molecular weight excluding hydrogens is 260 g/mol. The van der Waals surface area contributed by atoms with Crippen molar-refractivity contribution in [3.8, 4) is 0 Å². The molecule has 0 aliphatic carbocycles. The average Bonchev–Trinajstić information content (AvgIpc) is 2.36. The molecule has 1 aromatic heterocycles. The van der Waals surface area contributed by atoms with E-state index in [1.54, 1.807) is 7.05 Å². The molecule has 1 aromatic rings. The van der Waals surface area contributed by atoms with Crippen molar-refractivity contribution < 1.29 is 8.42 Å². The molecule has 0 fully saturated rings. The highest BCUT2D eigenvalue weighted by Gasteiger charge is 2.15. The summed E-state index contributed by atoms with van der Waals surface area (Å²) in [5, 5.41) is 7.33. The first kappa shape index (κ1) is 10.6. The molecular formula is C5H9BrN4O2S. The van der Waals surface area contributed by atoms with Gasteiger partial charge >= 0.3 is 0 Å². The van der Waals surface area contributed by atoms with Gasteiger partial charge in [-0.1, -0.05) is 5.21 Å². The van der Waals surface area contributed by atoms with Crippen LogP contribution >= 0.6 is 15.9 Å². The van der Waals surface area contributed by atoms with Gasteiger partial charge in [0.05, 0.1) is 5.69 Å². The molecule has 0 spiro atoms. The minimum absolute atomic E-state index is 0.131. The van der Waals surface area contributed by atoms with Crippen LogP contribution in [0.4, 0.5) is 0 Å². The summed E-state index contributed by atoms with van der Waals surface area (Å²) in [5.41, 5.74) is 0.523. The Bertz CT molecular complexity index is 379. The van der Waals surface area contributed by atoms with Crippen LogP contribution in [0.3, 0.4) is 0 Å². The summed E-state index contributed by atoms with van der Waals surface area (Å²) in [6.45, 7) is 0. The van der Waals surface area contributed by atoms with Crippen molar-refractivity contribution in [1.82, 2.24) is 19.7 Å². The van der Waals surface area contributed by atoms with Crippen LogP contribution in [0, 0.1) is 0 Å². The third-order valence-electron chi connectivity index (χ3n) is 1.53. The molecule has 0 bridgehead atoms. The van der Waals surface area contributed by atoms with Crippen LogP contribution in [0.15, 0.2) is 4.60 Å². The summed E-state index contributed by atoms with van der Waals surface area (Å²) in [5.74, 6) is -0.131. The lowest BCUT2D eigenvalue weighted by Gasteiger charge is -2.01. The van der Waals surface area contributed by atoms with Crippen molar-refractivity contribution in [2.45, 2.75) is 5.75 Å². The van der Waals surface area contributed by atoms with Gasteiger partial charge in [0.2, 0.25) is 10.0 Å². The zero-order chi connectivity index (χ0) is 10.1. The van der Waals surface area contributed by atoms with E-state index < -0.39 is 10.0 Å². The number of halogens is 1. The quantitative estimate of drug-likeness (QED) is 0.812. The minimum atomic E-state index is -3.27. The number of hydrogen-bond donors (Lipinski definition) is 1. The van der Waals surface area contributed by atoms with E-state index in [4.69, 9.17) is 0 Å². The van der Waals surface area contributed by atoms with Gasteiger partial charge in [-0.25, -0.2) is 13.1 Å². The summed E-state index contributed by atoms with van der Waals surface area (Å²) in [7, 11) is -0.263. The maximum absolute atomic E-state index is 11.2. The number of rotatable bonds is 3. The molecule has 0 aromatic carbocycles. The Morgan fingerprint density at radius 2 is 2.23 bits per heavy atom. The van der Waals surface area contributed by atoms with Gasteiger partial charge in [0, 0.05) is 7.05 Å². The van der Waals surface area contributed by atoms with Crippen molar-refractivity contribution in [3.63, 3.8) is 0 Å². The average molecular weight is 269 g/mol. The molecule has 1 heterocycles. The van der Waals surface area contributed by atoms with Gasteiger partial charge in [-0.15, -0.1) is 5.10 Å². The van der Waals surface area contributed by atoms with Crippen molar-refractivity contribution in [3.05, 3.63) is 10.3 Å². The largest absolute Gasteiger partial charge is 0.250 e. The Labute approximate surface area is 84.5 Å². The van der Waals surface area contributed by atoms with Crippen LogP contribution in [0.5, 0.6) is 0 Å². The molecule has 0 saturated carbocycles. The molecule has 0 aliphatic heterocycles. The predicted octanol–water partition coefficient (Wildman–Crippen LogP) is -0.373. The van der Waals surface area contributed by atoms with Crippen molar-refractivity contribution in [1.29, 1.82) is 0 Å². The molecule has 0 saturated heterocycles. The molecule has 13 heavy (non-hydrogen) atoms. The second-order valence-corrected chi connectivity index (χ2v) is 5.09. The van der Waals surface area contributed by atoms with Crippen molar-refractivity contribution in [2.24, 2.45) is 7.05 Å². The van der Waals surface area contributed by atoms with Crippen LogP contribution in [-0.4, -0.2) is 30.5 Å². The first-order valence-electron chi connectivity index (χ1n) is 3.41. The molecule has 0 radical (unpaired) electrons. The number of aryl methyl sites for hydroxylation is 1. The summed E-state index contributed by atoms with van der Waals surface area (Å²) in [6, 6.07) is 0. The van der Waals surface area contributed by atoms with E-state index >= 15 is 0 Å². The van der Waals surface area contributed by atoms with E-state index in [1.807, 2.05) is 0 Å². The summed E-state index contributed by atoms with van der Waals surface area (Å²) in [4.78, 5) is 0. The second-order valence-electron chi connectivity index (χ2n) is 2.41. The second kappa shape index (κ2) is 3.72. The van der Waals surface area contributed by atoms with Crippen molar-refractivity contribution >= 4 is 26.0 Å². The smallest absolute Gasteiger partial charge is 0.217 e. The lowest BCUT2D eigenvalue weighted by atomic mass is 10.5. The predicted molar refractivity (Wildman–Crippen MR) is 50.4 cm³/mol. The Balaban J connectivity index is 2.99. The van der Waals surface area contributed by atoms with Gasteiger partial charge in [-0.3, -0.25) is 4.68 Å². The Kier molecular flexibility index (Phi) is 3.04. The van der Waals surface area contributed by atoms with Crippen LogP contribution in [0.25, 0.3) is 0 Å². The van der Waals surface area contributed by atoms with E-state index in [0.29, 0.717) is 10.3 Å². The summed E-state index contributed by atoms with van der Waals surface area (Å²) < 4.78 is 26.4. The van der Waals surface area contributed by atoms with Gasteiger partial charge in [-0.05, 0) is 23.0 Å². The highest BCUT2D eigenvalue weighted by atomic mass is 79.9. The zero-order valence-corrected chi connectivity index (χ0v) is 9.55. The molecule has 0 atom stereocenters. The van der Waals surface area contributed by atoms with E-state index in [-0.39, 0.29) is 5.75 Å². The fourth-order valence-electron chi connectivity index (χ4n) is 0.757. The van der Waals surface area contributed by atoms with Gasteiger partial charge in [0.15, 0.2) is 4.60 Å². The fraction of sp³-hybridized carbons (Fsp3) is 0.600. The van der Waals surface area contributed by atoms with Crippen molar-refractivity contribution in [2.75, 3.05) is 7.05 Å². The van der Waals surface area contributed by atoms with Crippen LogP contribution < -0.4 is 4.72 Å². The molecule has 6 nitrogen and oxygen atoms in total. The molecule has 0 aliphatic rings. The Morgan fingerprint density at radius 3 is 2.62 bits per heavy atom. The summed E-state index contributed by atoms with van der Waals surface area (Å²) >= 11 is 3.11. The van der Waals surface area contributed by atoms with Crippen LogP contribution in [0.2, 0.25) is 0 Å². The van der Waals surface area contributed by atoms with Gasteiger partial charge in [-0.2, -0.15) is 0 Å². The maximum Gasteiger partial charge on any atom is 0.217 e. The van der Waals surface area contributed by atoms with Crippen LogP contribution in [-0.2, 0) is 22.8 Å². The first-order valence-corrected chi connectivity index (χ1v) is 5.86. The number of nitrogens with one attached hydrogen (secondary N) is 1. The lowest BCUT2D eigenvalue weighted by molar-refractivity contribution is 0.583. The monoisotopic (exact) mass is 268 g/mol. The maximum atomic E-state index is 11.2. The minimum Gasteiger partial charge on any atom is -0.250 e. The topological polar surface area (TPSA) is 76.9 Å². The number of nitrogens with zero attached hydrogens (tertiary/aromatic N) is 3. The SMILES string of the molecule is CNS(=O)(=O)Cc1c(Br)nnn1C. The molecule has 0 unspecified atom stereocenters. The number of aromatic nitrogens is 3. The molecule has 74 valence electrons. The third-order valence-corrected chi connectivity index (χ3v) is 3.42. The lowest BCUT2D eigenvalue weighted by Crippen LogP contribution is -2.21. The molecule has 1 rings (SSSR count). The van der Waals surface area contributed by atoms with E-state index in [1.165, 1.54) is 11.7 Å². The van der Waals surface area contributed by atoms with Gasteiger partial charge in [0.1, 0.15) is 5.75 Å². The first-order chi connectivity index (χ1) is 5.96. The third kappa shape index (κ3) is 2.48. The van der Waals surface area contributed by atoms with E-state index in [9.17, 15) is 8.42 Å². The molecule has 1 N–H and O–H groups in total. The zero-order valence-electron chi connectivity index (χ0n) is 7.15. The van der Waals surface area contributed by atoms with E-state index in [0.717, 1.165) is 0 Å².